The number of hydrogen-bond acceptors (Lipinski definition) is 4. The number of rotatable bonds is 5. The first-order valence-electron chi connectivity index (χ1n) is 5.09. The van der Waals surface area contributed by atoms with Gasteiger partial charge < -0.3 is 14.5 Å². The Hall–Kier alpha value is -1.11. The lowest BCUT2D eigenvalue weighted by Crippen LogP contribution is -2.27. The molecule has 1 aromatic rings. The molecule has 0 aromatic heterocycles. The maximum Gasteiger partial charge on any atom is 0.469 e. The van der Waals surface area contributed by atoms with Crippen molar-refractivity contribution < 1.29 is 28.4 Å². The number of phosphoric acid groups is 1. The summed E-state index contributed by atoms with van der Waals surface area (Å²) in [6.07, 6.45) is -0.682. The highest BCUT2D eigenvalue weighted by Crippen LogP contribution is 2.38. The SMILES string of the molecule is CN(C(=O)OCCl)c1ccccc1COP(=O)(O)O. The molecule has 0 unspecified atom stereocenters. The van der Waals surface area contributed by atoms with Crippen molar-refractivity contribution in [2.24, 2.45) is 0 Å². The van der Waals surface area contributed by atoms with E-state index in [1.807, 2.05) is 0 Å². The molecule has 1 rings (SSSR count). The molecule has 0 aliphatic rings. The number of ether oxygens (including phenoxy) is 1. The number of para-hydroxylation sites is 1. The van der Waals surface area contributed by atoms with Crippen LogP contribution in [0.3, 0.4) is 0 Å². The number of carbonyl (C=O) groups is 1. The molecule has 0 heterocycles. The van der Waals surface area contributed by atoms with Crippen molar-refractivity contribution in [3.8, 4) is 0 Å². The molecule has 7 nitrogen and oxygen atoms in total. The average Bonchev–Trinajstić information content (AvgIpc) is 2.35. The van der Waals surface area contributed by atoms with Crippen molar-refractivity contribution >= 4 is 31.2 Å². The summed E-state index contributed by atoms with van der Waals surface area (Å²) in [5, 5.41) is 0. The van der Waals surface area contributed by atoms with E-state index in [4.69, 9.17) is 21.4 Å². The zero-order chi connectivity index (χ0) is 14.5. The van der Waals surface area contributed by atoms with Gasteiger partial charge in [0.05, 0.1) is 12.3 Å². The number of hydrogen-bond donors (Lipinski definition) is 2. The second kappa shape index (κ2) is 6.88. The monoisotopic (exact) mass is 309 g/mol. The maximum absolute atomic E-state index is 11.5. The lowest BCUT2D eigenvalue weighted by molar-refractivity contribution is 0.173. The van der Waals surface area contributed by atoms with Gasteiger partial charge in [-0.3, -0.25) is 9.42 Å². The third-order valence-corrected chi connectivity index (χ3v) is 2.77. The lowest BCUT2D eigenvalue weighted by Gasteiger charge is -2.19. The molecule has 0 saturated carbocycles. The van der Waals surface area contributed by atoms with E-state index >= 15 is 0 Å². The topological polar surface area (TPSA) is 96.3 Å². The van der Waals surface area contributed by atoms with Crippen LogP contribution in [0.5, 0.6) is 0 Å². The van der Waals surface area contributed by atoms with Crippen molar-refractivity contribution in [2.75, 3.05) is 18.0 Å². The van der Waals surface area contributed by atoms with Crippen molar-refractivity contribution in [2.45, 2.75) is 6.61 Å². The molecule has 0 atom stereocenters. The molecule has 0 radical (unpaired) electrons. The Morgan fingerprint density at radius 1 is 1.42 bits per heavy atom. The van der Waals surface area contributed by atoms with E-state index in [0.717, 1.165) is 0 Å². The molecule has 0 spiro atoms. The van der Waals surface area contributed by atoms with E-state index in [1.165, 1.54) is 11.9 Å². The molecule has 1 amide bonds. The number of amides is 1. The predicted octanol–water partition coefficient (Wildman–Crippen LogP) is 2.07. The van der Waals surface area contributed by atoms with Gasteiger partial charge in [0.25, 0.3) is 0 Å². The van der Waals surface area contributed by atoms with Crippen LogP contribution in [0.1, 0.15) is 5.56 Å². The molecule has 0 saturated heterocycles. The molecule has 106 valence electrons. The van der Waals surface area contributed by atoms with Crippen LogP contribution in [0.15, 0.2) is 24.3 Å². The predicted molar refractivity (Wildman–Crippen MR) is 68.9 cm³/mol. The number of benzene rings is 1. The van der Waals surface area contributed by atoms with Gasteiger partial charge in [-0.2, -0.15) is 0 Å². The first-order chi connectivity index (χ1) is 8.85. The molecule has 0 aliphatic carbocycles. The smallest absolute Gasteiger partial charge is 0.433 e. The average molecular weight is 310 g/mol. The van der Waals surface area contributed by atoms with Crippen LogP contribution in [0.4, 0.5) is 10.5 Å². The van der Waals surface area contributed by atoms with Crippen molar-refractivity contribution in [1.82, 2.24) is 0 Å². The Bertz CT molecular complexity index is 491. The molecule has 0 aliphatic heterocycles. The molecule has 0 fully saturated rings. The number of nitrogens with zero attached hydrogens (tertiary/aromatic N) is 1. The Morgan fingerprint density at radius 3 is 2.63 bits per heavy atom. The maximum atomic E-state index is 11.5. The van der Waals surface area contributed by atoms with Crippen molar-refractivity contribution in [3.63, 3.8) is 0 Å². The quantitative estimate of drug-likeness (QED) is 0.638. The van der Waals surface area contributed by atoms with Crippen LogP contribution < -0.4 is 4.90 Å². The van der Waals surface area contributed by atoms with E-state index < -0.39 is 13.9 Å². The number of alkyl halides is 1. The molecular formula is C10H13ClNO6P. The summed E-state index contributed by atoms with van der Waals surface area (Å²) in [6, 6.07) is 6.21. The third kappa shape index (κ3) is 5.18. The van der Waals surface area contributed by atoms with E-state index in [1.54, 1.807) is 24.3 Å². The summed E-state index contributed by atoms with van der Waals surface area (Å²) in [4.78, 5) is 30.0. The van der Waals surface area contributed by atoms with Crippen LogP contribution in [0.2, 0.25) is 0 Å². The number of anilines is 1. The van der Waals surface area contributed by atoms with Gasteiger partial charge in [0.2, 0.25) is 0 Å². The van der Waals surface area contributed by atoms with Crippen LogP contribution in [0, 0.1) is 0 Å². The van der Waals surface area contributed by atoms with Crippen LogP contribution in [0.25, 0.3) is 0 Å². The van der Waals surface area contributed by atoms with Crippen LogP contribution in [-0.2, 0) is 20.4 Å². The highest BCUT2D eigenvalue weighted by Gasteiger charge is 2.18. The Morgan fingerprint density at radius 2 is 2.05 bits per heavy atom. The van der Waals surface area contributed by atoms with Gasteiger partial charge in [0.1, 0.15) is 0 Å². The second-order valence-corrected chi connectivity index (χ2v) is 4.93. The second-order valence-electron chi connectivity index (χ2n) is 3.47. The summed E-state index contributed by atoms with van der Waals surface area (Å²) >= 11 is 5.29. The molecule has 9 heteroatoms. The normalized spacial score (nSPS) is 11.2. The zero-order valence-corrected chi connectivity index (χ0v) is 11.7. The molecule has 2 N–H and O–H groups in total. The fraction of sp³-hybridized carbons (Fsp3) is 0.300. The highest BCUT2D eigenvalue weighted by molar-refractivity contribution is 7.46. The van der Waals surface area contributed by atoms with Gasteiger partial charge >= 0.3 is 13.9 Å². The van der Waals surface area contributed by atoms with Gasteiger partial charge in [0.15, 0.2) is 6.07 Å². The lowest BCUT2D eigenvalue weighted by atomic mass is 10.2. The minimum absolute atomic E-state index is 0.287. The van der Waals surface area contributed by atoms with Crippen LogP contribution in [-0.4, -0.2) is 29.0 Å². The van der Waals surface area contributed by atoms with Crippen LogP contribution >= 0.6 is 19.4 Å². The van der Waals surface area contributed by atoms with Gasteiger partial charge in [0, 0.05) is 12.6 Å². The minimum atomic E-state index is -4.57. The summed E-state index contributed by atoms with van der Waals surface area (Å²) in [5.41, 5.74) is 0.839. The van der Waals surface area contributed by atoms with E-state index in [-0.39, 0.29) is 12.7 Å². The first kappa shape index (κ1) is 15.9. The Labute approximate surface area is 114 Å². The number of halogens is 1. The number of phosphoric ester groups is 1. The highest BCUT2D eigenvalue weighted by atomic mass is 35.5. The minimum Gasteiger partial charge on any atom is -0.433 e. The largest absolute Gasteiger partial charge is 0.469 e. The third-order valence-electron chi connectivity index (χ3n) is 2.19. The zero-order valence-electron chi connectivity index (χ0n) is 10.0. The van der Waals surface area contributed by atoms with E-state index in [0.29, 0.717) is 11.3 Å². The molecule has 0 bridgehead atoms. The summed E-state index contributed by atoms with van der Waals surface area (Å²) in [5.74, 6) is 0. The van der Waals surface area contributed by atoms with Gasteiger partial charge in [-0.15, -0.1) is 0 Å². The summed E-state index contributed by atoms with van der Waals surface area (Å²) in [7, 11) is -3.12. The molecule has 1 aromatic carbocycles. The molecular weight excluding hydrogens is 297 g/mol. The Kier molecular flexibility index (Phi) is 5.78. The van der Waals surface area contributed by atoms with Gasteiger partial charge in [-0.25, -0.2) is 9.36 Å². The summed E-state index contributed by atoms with van der Waals surface area (Å²) in [6.45, 7) is -0.334. The van der Waals surface area contributed by atoms with Gasteiger partial charge in [-0.1, -0.05) is 29.8 Å². The van der Waals surface area contributed by atoms with E-state index in [9.17, 15) is 9.36 Å². The number of carbonyl (C=O) groups excluding carboxylic acids is 1. The van der Waals surface area contributed by atoms with E-state index in [2.05, 4.69) is 9.26 Å². The first-order valence-corrected chi connectivity index (χ1v) is 7.16. The fourth-order valence-corrected chi connectivity index (χ4v) is 1.76. The van der Waals surface area contributed by atoms with Gasteiger partial charge in [-0.05, 0) is 6.07 Å². The fourth-order valence-electron chi connectivity index (χ4n) is 1.36. The molecule has 19 heavy (non-hydrogen) atoms. The van der Waals surface area contributed by atoms with Crippen molar-refractivity contribution in [3.05, 3.63) is 29.8 Å². The summed E-state index contributed by atoms with van der Waals surface area (Å²) < 4.78 is 19.7. The standard InChI is InChI=1S/C10H13ClNO6P/c1-12(10(13)17-7-11)9-5-3-2-4-8(9)6-18-19(14,15)16/h2-5H,6-7H2,1H3,(H2,14,15,16). The Balaban J connectivity index is 2.89. The van der Waals surface area contributed by atoms with Crippen molar-refractivity contribution in [1.29, 1.82) is 0 Å².